The van der Waals surface area contributed by atoms with Gasteiger partial charge in [-0.2, -0.15) is 13.2 Å². The van der Waals surface area contributed by atoms with Crippen LogP contribution >= 0.6 is 0 Å². The fourth-order valence-electron chi connectivity index (χ4n) is 4.50. The smallest absolute Gasteiger partial charge is 0.394 e. The summed E-state index contributed by atoms with van der Waals surface area (Å²) in [5, 5.41) is 19.0. The fourth-order valence-corrected chi connectivity index (χ4v) is 4.50. The minimum absolute atomic E-state index is 0.0578. The molecule has 0 bridgehead atoms. The van der Waals surface area contributed by atoms with Gasteiger partial charge >= 0.3 is 6.18 Å². The lowest BCUT2D eigenvalue weighted by Gasteiger charge is -2.20. The molecule has 2 heterocycles. The van der Waals surface area contributed by atoms with Gasteiger partial charge in [-0.15, -0.1) is 0 Å². The van der Waals surface area contributed by atoms with E-state index in [4.69, 9.17) is 4.98 Å². The van der Waals surface area contributed by atoms with Gasteiger partial charge < -0.3 is 21.1 Å². The number of nitrogens with zero attached hydrogens (tertiary/aromatic N) is 4. The van der Waals surface area contributed by atoms with Gasteiger partial charge in [-0.05, 0) is 60.9 Å². The number of aromatic nitrogens is 4. The molecule has 4 N–H and O–H groups in total. The van der Waals surface area contributed by atoms with E-state index in [1.54, 1.807) is 24.3 Å². The quantitative estimate of drug-likeness (QED) is 0.154. The molecule has 0 saturated heterocycles. The lowest BCUT2D eigenvalue weighted by molar-refractivity contribution is -0.137. The average molecular weight is 590 g/mol. The summed E-state index contributed by atoms with van der Waals surface area (Å²) in [6.45, 7) is 5.82. The van der Waals surface area contributed by atoms with Crippen LogP contribution in [0.25, 0.3) is 16.9 Å². The highest BCUT2D eigenvalue weighted by Gasteiger charge is 2.31. The normalized spacial score (nSPS) is 12.4. The standard InChI is InChI=1S/C31H30F3N7O2/c1-18(2)25(16-42)38-27-15-28(36-17-35-27)41-26-10-5-4-9-23(26)39-30(41)40-24-14-22(12-11-19(24)3)37-29(43)20-7-6-8-21(13-20)31(32,33)34/h4-15,17-18,25,42H,16H2,1-3H3,(H,37,43)(H,39,40)(H,35,36,38). The van der Waals surface area contributed by atoms with E-state index in [1.165, 1.54) is 18.5 Å². The van der Waals surface area contributed by atoms with Crippen molar-refractivity contribution in [1.82, 2.24) is 19.5 Å². The first-order valence-electron chi connectivity index (χ1n) is 13.6. The zero-order chi connectivity index (χ0) is 30.7. The summed E-state index contributed by atoms with van der Waals surface area (Å²) in [5.74, 6) is 1.01. The molecule has 3 aromatic carbocycles. The van der Waals surface area contributed by atoms with E-state index in [1.807, 2.05) is 49.6 Å². The van der Waals surface area contributed by atoms with Crippen LogP contribution < -0.4 is 16.0 Å². The molecule has 0 aliphatic rings. The largest absolute Gasteiger partial charge is 0.416 e. The Bertz CT molecular complexity index is 1770. The maximum absolute atomic E-state index is 13.2. The molecular weight excluding hydrogens is 559 g/mol. The Labute approximate surface area is 245 Å². The lowest BCUT2D eigenvalue weighted by atomic mass is 10.1. The number of carbonyl (C=O) groups excluding carboxylic acids is 1. The van der Waals surface area contributed by atoms with Crippen molar-refractivity contribution < 1.29 is 23.1 Å². The van der Waals surface area contributed by atoms with E-state index >= 15 is 0 Å². The van der Waals surface area contributed by atoms with E-state index in [0.29, 0.717) is 34.5 Å². The molecule has 0 fully saturated rings. The molecule has 0 aliphatic carbocycles. The van der Waals surface area contributed by atoms with Gasteiger partial charge in [0.1, 0.15) is 18.0 Å². The average Bonchev–Trinajstić information content (AvgIpc) is 3.35. The highest BCUT2D eigenvalue weighted by molar-refractivity contribution is 6.04. The third-order valence-electron chi connectivity index (χ3n) is 6.97. The van der Waals surface area contributed by atoms with Crippen molar-refractivity contribution in [3.05, 3.63) is 95.8 Å². The second-order valence-electron chi connectivity index (χ2n) is 10.4. The third kappa shape index (κ3) is 6.59. The number of amides is 1. The van der Waals surface area contributed by atoms with Crippen LogP contribution in [-0.2, 0) is 6.18 Å². The summed E-state index contributed by atoms with van der Waals surface area (Å²) in [4.78, 5) is 26.4. The van der Waals surface area contributed by atoms with Crippen molar-refractivity contribution in [2.45, 2.75) is 33.0 Å². The molecule has 0 spiro atoms. The molecule has 0 radical (unpaired) electrons. The second kappa shape index (κ2) is 12.1. The van der Waals surface area contributed by atoms with Crippen LogP contribution in [0.15, 0.2) is 79.1 Å². The Morgan fingerprint density at radius 2 is 1.79 bits per heavy atom. The number of nitrogens with one attached hydrogen (secondary N) is 3. The summed E-state index contributed by atoms with van der Waals surface area (Å²) < 4.78 is 41.3. The van der Waals surface area contributed by atoms with Gasteiger partial charge in [0.05, 0.1) is 29.2 Å². The first kappa shape index (κ1) is 29.5. The number of carbonyl (C=O) groups is 1. The number of para-hydroxylation sites is 2. The Hall–Kier alpha value is -4.97. The lowest BCUT2D eigenvalue weighted by Crippen LogP contribution is -2.29. The van der Waals surface area contributed by atoms with Crippen molar-refractivity contribution in [1.29, 1.82) is 0 Å². The predicted molar refractivity (Wildman–Crippen MR) is 160 cm³/mol. The van der Waals surface area contributed by atoms with Crippen LogP contribution in [-0.4, -0.2) is 43.2 Å². The number of hydrogen-bond donors (Lipinski definition) is 4. The minimum Gasteiger partial charge on any atom is -0.394 e. The maximum Gasteiger partial charge on any atom is 0.416 e. The molecule has 5 aromatic rings. The number of rotatable bonds is 9. The van der Waals surface area contributed by atoms with Crippen molar-refractivity contribution in [2.24, 2.45) is 5.92 Å². The molecule has 0 saturated carbocycles. The molecule has 222 valence electrons. The number of anilines is 4. The summed E-state index contributed by atoms with van der Waals surface area (Å²) in [6.07, 6.45) is -3.13. The Morgan fingerprint density at radius 1 is 1.00 bits per heavy atom. The summed E-state index contributed by atoms with van der Waals surface area (Å²) in [7, 11) is 0. The molecule has 9 nitrogen and oxygen atoms in total. The summed E-state index contributed by atoms with van der Waals surface area (Å²) in [5.41, 5.74) is 2.32. The number of aliphatic hydroxyl groups is 1. The summed E-state index contributed by atoms with van der Waals surface area (Å²) in [6, 6.07) is 18.5. The number of alkyl halides is 3. The van der Waals surface area contributed by atoms with Crippen molar-refractivity contribution in [2.75, 3.05) is 22.6 Å². The SMILES string of the molecule is Cc1ccc(NC(=O)c2cccc(C(F)(F)F)c2)cc1Nc1nc2ccccc2n1-c1cc(NC(CO)C(C)C)ncn1. The van der Waals surface area contributed by atoms with Gasteiger partial charge in [0.25, 0.3) is 5.91 Å². The second-order valence-corrected chi connectivity index (χ2v) is 10.4. The minimum atomic E-state index is -4.56. The van der Waals surface area contributed by atoms with Crippen LogP contribution in [0.2, 0.25) is 0 Å². The molecule has 1 atom stereocenters. The van der Waals surface area contributed by atoms with Gasteiger partial charge in [-0.3, -0.25) is 9.36 Å². The first-order chi connectivity index (χ1) is 20.5. The Balaban J connectivity index is 1.46. The van der Waals surface area contributed by atoms with E-state index < -0.39 is 17.6 Å². The van der Waals surface area contributed by atoms with Crippen molar-refractivity contribution in [3.8, 4) is 5.82 Å². The van der Waals surface area contributed by atoms with Gasteiger partial charge in [0.2, 0.25) is 5.95 Å². The molecule has 2 aromatic heterocycles. The first-order valence-corrected chi connectivity index (χ1v) is 13.6. The van der Waals surface area contributed by atoms with Crippen LogP contribution in [0.5, 0.6) is 0 Å². The molecule has 1 amide bonds. The number of aliphatic hydroxyl groups excluding tert-OH is 1. The fraction of sp³-hybridized carbons (Fsp3) is 0.226. The highest BCUT2D eigenvalue weighted by Crippen LogP contribution is 2.31. The molecule has 43 heavy (non-hydrogen) atoms. The van der Waals surface area contributed by atoms with E-state index in [0.717, 1.165) is 23.2 Å². The molecular formula is C31H30F3N7O2. The third-order valence-corrected chi connectivity index (χ3v) is 6.97. The Morgan fingerprint density at radius 3 is 2.53 bits per heavy atom. The van der Waals surface area contributed by atoms with Gasteiger partial charge in [-0.25, -0.2) is 15.0 Å². The van der Waals surface area contributed by atoms with Crippen LogP contribution in [0.3, 0.4) is 0 Å². The monoisotopic (exact) mass is 589 g/mol. The maximum atomic E-state index is 13.2. The van der Waals surface area contributed by atoms with Crippen LogP contribution in [0, 0.1) is 12.8 Å². The van der Waals surface area contributed by atoms with E-state index in [9.17, 15) is 23.1 Å². The van der Waals surface area contributed by atoms with Gasteiger partial charge in [0, 0.05) is 23.0 Å². The molecule has 0 aliphatic heterocycles. The van der Waals surface area contributed by atoms with Gasteiger partial charge in [0.15, 0.2) is 0 Å². The molecule has 1 unspecified atom stereocenters. The predicted octanol–water partition coefficient (Wildman–Crippen LogP) is 6.57. The number of hydrogen-bond acceptors (Lipinski definition) is 7. The van der Waals surface area contributed by atoms with Crippen molar-refractivity contribution in [3.63, 3.8) is 0 Å². The Kier molecular flexibility index (Phi) is 8.31. The number of imidazole rings is 1. The number of fused-ring (bicyclic) bond motifs is 1. The zero-order valence-electron chi connectivity index (χ0n) is 23.6. The van der Waals surface area contributed by atoms with Crippen molar-refractivity contribution >= 4 is 40.1 Å². The van der Waals surface area contributed by atoms with Crippen LogP contribution in [0.1, 0.15) is 35.3 Å². The highest BCUT2D eigenvalue weighted by atomic mass is 19.4. The van der Waals surface area contributed by atoms with E-state index in [-0.39, 0.29) is 24.1 Å². The van der Waals surface area contributed by atoms with Crippen LogP contribution in [0.4, 0.5) is 36.3 Å². The van der Waals surface area contributed by atoms with E-state index in [2.05, 4.69) is 25.9 Å². The number of halogens is 3. The number of benzene rings is 3. The number of aryl methyl sites for hydroxylation is 1. The topological polar surface area (TPSA) is 117 Å². The molecule has 5 rings (SSSR count). The summed E-state index contributed by atoms with van der Waals surface area (Å²) >= 11 is 0. The molecule has 12 heteroatoms. The zero-order valence-corrected chi connectivity index (χ0v) is 23.6. The van der Waals surface area contributed by atoms with Gasteiger partial charge in [-0.1, -0.05) is 38.1 Å².